The first-order chi connectivity index (χ1) is 5.44. The largest absolute Gasteiger partial charge is 0.325 e. The summed E-state index contributed by atoms with van der Waals surface area (Å²) in [5.74, 6) is 2.39. The standard InChI is InChI=1S/C11H23N/c1-8(2)5-10-7-11(10,12)6-9(3)4/h8-10H,5-7,12H2,1-4H3. The van der Waals surface area contributed by atoms with E-state index in [9.17, 15) is 0 Å². The molecule has 0 aliphatic heterocycles. The van der Waals surface area contributed by atoms with Gasteiger partial charge < -0.3 is 5.73 Å². The fourth-order valence-corrected chi connectivity index (χ4v) is 2.30. The van der Waals surface area contributed by atoms with Gasteiger partial charge in [0.05, 0.1) is 0 Å². The predicted octanol–water partition coefficient (Wildman–Crippen LogP) is 2.80. The quantitative estimate of drug-likeness (QED) is 0.688. The van der Waals surface area contributed by atoms with Crippen LogP contribution in [0.4, 0.5) is 0 Å². The van der Waals surface area contributed by atoms with Crippen LogP contribution in [0.3, 0.4) is 0 Å². The Hall–Kier alpha value is -0.0400. The van der Waals surface area contributed by atoms with Gasteiger partial charge in [-0.25, -0.2) is 0 Å². The minimum absolute atomic E-state index is 0.221. The Morgan fingerprint density at radius 1 is 1.25 bits per heavy atom. The molecule has 1 aliphatic carbocycles. The third kappa shape index (κ3) is 2.48. The average molecular weight is 169 g/mol. The zero-order valence-electron chi connectivity index (χ0n) is 8.93. The van der Waals surface area contributed by atoms with Crippen LogP contribution in [-0.2, 0) is 0 Å². The smallest absolute Gasteiger partial charge is 0.0189 e. The minimum atomic E-state index is 0.221. The lowest BCUT2D eigenvalue weighted by molar-refractivity contribution is 0.419. The Balaban J connectivity index is 2.28. The van der Waals surface area contributed by atoms with E-state index in [0.29, 0.717) is 0 Å². The van der Waals surface area contributed by atoms with E-state index in [1.807, 2.05) is 0 Å². The van der Waals surface area contributed by atoms with Gasteiger partial charge in [0.2, 0.25) is 0 Å². The molecule has 0 aromatic carbocycles. The highest BCUT2D eigenvalue weighted by molar-refractivity contribution is 5.07. The summed E-state index contributed by atoms with van der Waals surface area (Å²) in [7, 11) is 0. The van der Waals surface area contributed by atoms with Crippen LogP contribution in [0.1, 0.15) is 47.0 Å². The molecule has 0 spiro atoms. The van der Waals surface area contributed by atoms with Gasteiger partial charge in [0.25, 0.3) is 0 Å². The van der Waals surface area contributed by atoms with Crippen molar-refractivity contribution in [3.8, 4) is 0 Å². The van der Waals surface area contributed by atoms with Crippen molar-refractivity contribution in [2.24, 2.45) is 23.5 Å². The van der Waals surface area contributed by atoms with E-state index in [-0.39, 0.29) is 5.54 Å². The molecule has 1 nitrogen and oxygen atoms in total. The first kappa shape index (κ1) is 10.0. The Bertz CT molecular complexity index is 151. The van der Waals surface area contributed by atoms with E-state index in [1.54, 1.807) is 0 Å². The molecule has 2 unspecified atom stereocenters. The van der Waals surface area contributed by atoms with Crippen molar-refractivity contribution in [3.05, 3.63) is 0 Å². The molecule has 72 valence electrons. The van der Waals surface area contributed by atoms with Crippen molar-refractivity contribution < 1.29 is 0 Å². The zero-order chi connectivity index (χ0) is 9.35. The van der Waals surface area contributed by atoms with Crippen LogP contribution >= 0.6 is 0 Å². The lowest BCUT2D eigenvalue weighted by Crippen LogP contribution is -2.27. The Labute approximate surface area is 76.7 Å². The number of hydrogen-bond donors (Lipinski definition) is 1. The van der Waals surface area contributed by atoms with E-state index < -0.39 is 0 Å². The van der Waals surface area contributed by atoms with Crippen LogP contribution in [-0.4, -0.2) is 5.54 Å². The van der Waals surface area contributed by atoms with Crippen LogP contribution in [0.5, 0.6) is 0 Å². The van der Waals surface area contributed by atoms with Gasteiger partial charge in [-0.2, -0.15) is 0 Å². The first-order valence-electron chi connectivity index (χ1n) is 5.23. The van der Waals surface area contributed by atoms with Gasteiger partial charge in [0.15, 0.2) is 0 Å². The molecule has 12 heavy (non-hydrogen) atoms. The third-order valence-corrected chi connectivity index (χ3v) is 2.82. The average Bonchev–Trinajstić information content (AvgIpc) is 2.36. The molecule has 0 bridgehead atoms. The maximum absolute atomic E-state index is 6.24. The van der Waals surface area contributed by atoms with Gasteiger partial charge in [-0.15, -0.1) is 0 Å². The molecule has 1 aliphatic rings. The molecule has 0 heterocycles. The molecule has 0 aromatic rings. The van der Waals surface area contributed by atoms with Gasteiger partial charge >= 0.3 is 0 Å². The topological polar surface area (TPSA) is 26.0 Å². The summed E-state index contributed by atoms with van der Waals surface area (Å²) in [6.07, 6.45) is 3.80. The van der Waals surface area contributed by atoms with Crippen LogP contribution in [0, 0.1) is 17.8 Å². The third-order valence-electron chi connectivity index (χ3n) is 2.82. The second-order valence-corrected chi connectivity index (χ2v) is 5.36. The predicted molar refractivity (Wildman–Crippen MR) is 53.9 cm³/mol. The SMILES string of the molecule is CC(C)CC1CC1(N)CC(C)C. The highest BCUT2D eigenvalue weighted by Gasteiger charge is 2.50. The lowest BCUT2D eigenvalue weighted by atomic mass is 9.97. The van der Waals surface area contributed by atoms with Crippen LogP contribution in [0.25, 0.3) is 0 Å². The van der Waals surface area contributed by atoms with E-state index in [4.69, 9.17) is 5.73 Å². The van der Waals surface area contributed by atoms with Gasteiger partial charge in [0, 0.05) is 5.54 Å². The van der Waals surface area contributed by atoms with E-state index in [2.05, 4.69) is 27.7 Å². The van der Waals surface area contributed by atoms with E-state index in [1.165, 1.54) is 19.3 Å². The molecule has 0 saturated heterocycles. The minimum Gasteiger partial charge on any atom is -0.325 e. The van der Waals surface area contributed by atoms with E-state index >= 15 is 0 Å². The van der Waals surface area contributed by atoms with E-state index in [0.717, 1.165) is 17.8 Å². The molecule has 1 heteroatoms. The molecule has 1 rings (SSSR count). The Kier molecular flexibility index (Phi) is 2.82. The maximum atomic E-state index is 6.24. The Morgan fingerprint density at radius 2 is 1.83 bits per heavy atom. The molecule has 1 saturated carbocycles. The number of nitrogens with two attached hydrogens (primary N) is 1. The van der Waals surface area contributed by atoms with Crippen LogP contribution in [0.2, 0.25) is 0 Å². The second-order valence-electron chi connectivity index (χ2n) is 5.36. The summed E-state index contributed by atoms with van der Waals surface area (Å²) in [5, 5.41) is 0. The fraction of sp³-hybridized carbons (Fsp3) is 1.00. The molecular weight excluding hydrogens is 146 g/mol. The normalized spacial score (nSPS) is 34.8. The van der Waals surface area contributed by atoms with Crippen molar-refractivity contribution in [1.82, 2.24) is 0 Å². The number of rotatable bonds is 4. The van der Waals surface area contributed by atoms with Crippen LogP contribution in [0.15, 0.2) is 0 Å². The molecular formula is C11H23N. The van der Waals surface area contributed by atoms with Crippen LogP contribution < -0.4 is 5.73 Å². The molecule has 1 fully saturated rings. The van der Waals surface area contributed by atoms with Crippen molar-refractivity contribution in [3.63, 3.8) is 0 Å². The lowest BCUT2D eigenvalue weighted by Gasteiger charge is -2.14. The molecule has 0 amide bonds. The van der Waals surface area contributed by atoms with Crippen molar-refractivity contribution in [1.29, 1.82) is 0 Å². The molecule has 0 aromatic heterocycles. The molecule has 2 N–H and O–H groups in total. The second kappa shape index (κ2) is 3.37. The maximum Gasteiger partial charge on any atom is 0.0189 e. The van der Waals surface area contributed by atoms with Crippen molar-refractivity contribution >= 4 is 0 Å². The highest BCUT2D eigenvalue weighted by atomic mass is 14.9. The summed E-state index contributed by atoms with van der Waals surface area (Å²) in [6, 6.07) is 0. The molecule has 0 radical (unpaired) electrons. The van der Waals surface area contributed by atoms with Gasteiger partial charge in [-0.3, -0.25) is 0 Å². The van der Waals surface area contributed by atoms with Crippen molar-refractivity contribution in [2.45, 2.75) is 52.5 Å². The number of hydrogen-bond acceptors (Lipinski definition) is 1. The molecule has 2 atom stereocenters. The zero-order valence-corrected chi connectivity index (χ0v) is 8.93. The summed E-state index contributed by atoms with van der Waals surface area (Å²) in [5.41, 5.74) is 6.46. The summed E-state index contributed by atoms with van der Waals surface area (Å²) >= 11 is 0. The van der Waals surface area contributed by atoms with Gasteiger partial charge in [-0.05, 0) is 37.0 Å². The first-order valence-corrected chi connectivity index (χ1v) is 5.23. The summed E-state index contributed by atoms with van der Waals surface area (Å²) in [6.45, 7) is 9.10. The fourth-order valence-electron chi connectivity index (χ4n) is 2.30. The van der Waals surface area contributed by atoms with Gasteiger partial charge in [0.1, 0.15) is 0 Å². The summed E-state index contributed by atoms with van der Waals surface area (Å²) in [4.78, 5) is 0. The van der Waals surface area contributed by atoms with Crippen molar-refractivity contribution in [2.75, 3.05) is 0 Å². The monoisotopic (exact) mass is 169 g/mol. The highest BCUT2D eigenvalue weighted by Crippen LogP contribution is 2.48. The van der Waals surface area contributed by atoms with Gasteiger partial charge in [-0.1, -0.05) is 27.7 Å². The summed E-state index contributed by atoms with van der Waals surface area (Å²) < 4.78 is 0. The Morgan fingerprint density at radius 3 is 2.25 bits per heavy atom.